The van der Waals surface area contributed by atoms with Crippen LogP contribution in [-0.2, 0) is 19.3 Å². The second-order valence-electron chi connectivity index (χ2n) is 4.01. The molecule has 0 heterocycles. The van der Waals surface area contributed by atoms with Gasteiger partial charge in [0.25, 0.3) is 0 Å². The largest absolute Gasteiger partial charge is 0.382 e. The molecule has 7 nitrogen and oxygen atoms in total. The SMILES string of the molecule is CN=C(NCCCOCCOC)NCCS(C)(=O)=O.I. The Morgan fingerprint density at radius 2 is 1.80 bits per heavy atom. The van der Waals surface area contributed by atoms with Gasteiger partial charge in [-0.25, -0.2) is 8.42 Å². The first-order valence-corrected chi connectivity index (χ1v) is 8.24. The molecule has 0 fully saturated rings. The van der Waals surface area contributed by atoms with Crippen LogP contribution in [-0.4, -0.2) is 73.5 Å². The van der Waals surface area contributed by atoms with Crippen LogP contribution in [0.3, 0.4) is 0 Å². The van der Waals surface area contributed by atoms with E-state index in [1.54, 1.807) is 14.2 Å². The lowest BCUT2D eigenvalue weighted by atomic mass is 10.4. The molecule has 2 N–H and O–H groups in total. The standard InChI is InChI=1S/C11H25N3O4S.HI/c1-12-11(14-6-10-19(3,15)16)13-5-4-7-18-9-8-17-2;/h4-10H2,1-3H3,(H2,12,13,14);1H. The van der Waals surface area contributed by atoms with Gasteiger partial charge in [0.1, 0.15) is 9.84 Å². The summed E-state index contributed by atoms with van der Waals surface area (Å²) in [5.74, 6) is 0.689. The van der Waals surface area contributed by atoms with Crippen LogP contribution in [0.15, 0.2) is 4.99 Å². The number of halogens is 1. The van der Waals surface area contributed by atoms with Crippen LogP contribution in [0.25, 0.3) is 0 Å². The minimum atomic E-state index is -2.94. The predicted molar refractivity (Wildman–Crippen MR) is 91.8 cm³/mol. The number of aliphatic imine (C=N–C) groups is 1. The third-order valence-corrected chi connectivity index (χ3v) is 3.12. The molecule has 0 saturated heterocycles. The number of hydrogen-bond donors (Lipinski definition) is 2. The molecular weight excluding hydrogens is 397 g/mol. The van der Waals surface area contributed by atoms with Crippen LogP contribution in [0, 0.1) is 0 Å². The lowest BCUT2D eigenvalue weighted by molar-refractivity contribution is 0.0698. The zero-order valence-electron chi connectivity index (χ0n) is 12.3. The number of methoxy groups -OCH3 is 1. The molecule has 0 aliphatic carbocycles. The fourth-order valence-electron chi connectivity index (χ4n) is 1.20. The smallest absolute Gasteiger partial charge is 0.191 e. The Labute approximate surface area is 138 Å². The monoisotopic (exact) mass is 423 g/mol. The number of sulfone groups is 1. The Morgan fingerprint density at radius 3 is 2.35 bits per heavy atom. The van der Waals surface area contributed by atoms with Crippen molar-refractivity contribution in [3.8, 4) is 0 Å². The molecule has 0 rings (SSSR count). The van der Waals surface area contributed by atoms with Gasteiger partial charge in [-0.1, -0.05) is 0 Å². The van der Waals surface area contributed by atoms with Crippen molar-refractivity contribution in [2.75, 3.05) is 59.1 Å². The van der Waals surface area contributed by atoms with Gasteiger partial charge in [-0.05, 0) is 6.42 Å². The molecule has 0 aliphatic rings. The van der Waals surface area contributed by atoms with Gasteiger partial charge >= 0.3 is 0 Å². The summed E-state index contributed by atoms with van der Waals surface area (Å²) in [4.78, 5) is 3.99. The first-order valence-electron chi connectivity index (χ1n) is 6.18. The number of hydrogen-bond acceptors (Lipinski definition) is 5. The average Bonchev–Trinajstić information content (AvgIpc) is 2.34. The highest BCUT2D eigenvalue weighted by Crippen LogP contribution is 1.83. The molecule has 122 valence electrons. The predicted octanol–water partition coefficient (Wildman–Crippen LogP) is -0.133. The second-order valence-corrected chi connectivity index (χ2v) is 6.27. The van der Waals surface area contributed by atoms with Crippen LogP contribution in [0.4, 0.5) is 0 Å². The van der Waals surface area contributed by atoms with Crippen LogP contribution in [0.1, 0.15) is 6.42 Å². The van der Waals surface area contributed by atoms with Crippen molar-refractivity contribution < 1.29 is 17.9 Å². The van der Waals surface area contributed by atoms with Gasteiger partial charge in [-0.15, -0.1) is 24.0 Å². The van der Waals surface area contributed by atoms with E-state index in [0.29, 0.717) is 38.9 Å². The summed E-state index contributed by atoms with van der Waals surface area (Å²) in [7, 11) is 0.337. The fraction of sp³-hybridized carbons (Fsp3) is 0.909. The first kappa shape index (κ1) is 22.2. The summed E-state index contributed by atoms with van der Waals surface area (Å²) in [6.45, 7) is 2.91. The van der Waals surface area contributed by atoms with Crippen LogP contribution in [0.2, 0.25) is 0 Å². The number of rotatable bonds is 10. The fourth-order valence-corrected chi connectivity index (χ4v) is 1.67. The number of guanidine groups is 1. The van der Waals surface area contributed by atoms with E-state index in [1.165, 1.54) is 6.26 Å². The van der Waals surface area contributed by atoms with E-state index in [2.05, 4.69) is 15.6 Å². The van der Waals surface area contributed by atoms with Crippen LogP contribution >= 0.6 is 24.0 Å². The Kier molecular flexibility index (Phi) is 15.3. The Bertz CT molecular complexity index is 350. The Hall–Kier alpha value is -0.130. The molecule has 0 aromatic carbocycles. The highest BCUT2D eigenvalue weighted by atomic mass is 127. The zero-order chi connectivity index (χ0) is 14.6. The van der Waals surface area contributed by atoms with Crippen molar-refractivity contribution in [3.63, 3.8) is 0 Å². The summed E-state index contributed by atoms with van der Waals surface area (Å²) in [6.07, 6.45) is 2.05. The molecule has 0 aromatic heterocycles. The lowest BCUT2D eigenvalue weighted by Crippen LogP contribution is -2.40. The Balaban J connectivity index is 0. The molecule has 0 aromatic rings. The number of nitrogens with zero attached hydrogens (tertiary/aromatic N) is 1. The zero-order valence-corrected chi connectivity index (χ0v) is 15.5. The Morgan fingerprint density at radius 1 is 1.15 bits per heavy atom. The molecule has 0 aliphatic heterocycles. The summed E-state index contributed by atoms with van der Waals surface area (Å²) in [5.41, 5.74) is 0. The minimum absolute atomic E-state index is 0. The van der Waals surface area contributed by atoms with Crippen molar-refractivity contribution in [3.05, 3.63) is 0 Å². The molecule has 0 amide bonds. The second kappa shape index (κ2) is 13.8. The molecule has 0 unspecified atom stereocenters. The quantitative estimate of drug-likeness (QED) is 0.220. The van der Waals surface area contributed by atoms with Crippen molar-refractivity contribution in [2.45, 2.75) is 6.42 Å². The summed E-state index contributed by atoms with van der Waals surface area (Å²) >= 11 is 0. The molecule has 0 radical (unpaired) electrons. The van der Waals surface area contributed by atoms with Gasteiger partial charge in [-0.2, -0.15) is 0 Å². The maximum Gasteiger partial charge on any atom is 0.191 e. The molecule has 20 heavy (non-hydrogen) atoms. The molecule has 0 spiro atoms. The lowest BCUT2D eigenvalue weighted by Gasteiger charge is -2.11. The van der Waals surface area contributed by atoms with Crippen LogP contribution in [0.5, 0.6) is 0 Å². The van der Waals surface area contributed by atoms with Gasteiger partial charge in [0, 0.05) is 40.1 Å². The van der Waals surface area contributed by atoms with Gasteiger partial charge in [0.2, 0.25) is 0 Å². The summed E-state index contributed by atoms with van der Waals surface area (Å²) in [6, 6.07) is 0. The van der Waals surface area contributed by atoms with Gasteiger partial charge < -0.3 is 20.1 Å². The number of nitrogens with one attached hydrogen (secondary N) is 2. The first-order chi connectivity index (χ1) is 8.99. The van der Waals surface area contributed by atoms with Crippen molar-refractivity contribution in [2.24, 2.45) is 4.99 Å². The third-order valence-electron chi connectivity index (χ3n) is 2.18. The van der Waals surface area contributed by atoms with Gasteiger partial charge in [0.15, 0.2) is 5.96 Å². The summed E-state index contributed by atoms with van der Waals surface area (Å²) < 4.78 is 32.1. The molecule has 0 bridgehead atoms. The number of ether oxygens (including phenoxy) is 2. The van der Waals surface area contributed by atoms with E-state index < -0.39 is 9.84 Å². The normalized spacial score (nSPS) is 11.8. The van der Waals surface area contributed by atoms with E-state index >= 15 is 0 Å². The minimum Gasteiger partial charge on any atom is -0.382 e. The van der Waals surface area contributed by atoms with Crippen molar-refractivity contribution in [1.29, 1.82) is 0 Å². The highest BCUT2D eigenvalue weighted by molar-refractivity contribution is 14.0. The van der Waals surface area contributed by atoms with E-state index in [9.17, 15) is 8.42 Å². The summed E-state index contributed by atoms with van der Waals surface area (Å²) in [5, 5.41) is 6.02. The van der Waals surface area contributed by atoms with Crippen molar-refractivity contribution >= 4 is 39.8 Å². The molecule has 9 heteroatoms. The van der Waals surface area contributed by atoms with E-state index in [-0.39, 0.29) is 29.7 Å². The molecule has 0 saturated carbocycles. The maximum absolute atomic E-state index is 11.0. The van der Waals surface area contributed by atoms with E-state index in [0.717, 1.165) is 6.42 Å². The molecular formula is C11H26IN3O4S. The van der Waals surface area contributed by atoms with Gasteiger partial charge in [-0.3, -0.25) is 4.99 Å². The topological polar surface area (TPSA) is 89.0 Å². The average molecular weight is 423 g/mol. The van der Waals surface area contributed by atoms with Crippen molar-refractivity contribution in [1.82, 2.24) is 10.6 Å². The highest BCUT2D eigenvalue weighted by Gasteiger charge is 2.02. The van der Waals surface area contributed by atoms with E-state index in [4.69, 9.17) is 9.47 Å². The van der Waals surface area contributed by atoms with Gasteiger partial charge in [0.05, 0.1) is 19.0 Å². The third kappa shape index (κ3) is 15.9. The van der Waals surface area contributed by atoms with Crippen LogP contribution < -0.4 is 10.6 Å². The van der Waals surface area contributed by atoms with E-state index in [1.807, 2.05) is 0 Å². The molecule has 0 atom stereocenters. The maximum atomic E-state index is 11.0.